The molecular formula is C41H28N2. The van der Waals surface area contributed by atoms with Gasteiger partial charge in [-0.1, -0.05) is 122 Å². The summed E-state index contributed by atoms with van der Waals surface area (Å²) < 4.78 is 2.25. The SMILES string of the molecule is C=C/C=C\c1cccc2cc(-c3ccc4cc(-c5nc6ccccc6n5-c5ccccc5)ccc4c3)c3ccccc3c12. The van der Waals surface area contributed by atoms with Gasteiger partial charge in [0.15, 0.2) is 0 Å². The Kier molecular flexibility index (Phi) is 5.98. The van der Waals surface area contributed by atoms with Crippen LogP contribution in [-0.2, 0) is 0 Å². The molecule has 0 spiro atoms. The van der Waals surface area contributed by atoms with Crippen molar-refractivity contribution in [3.63, 3.8) is 0 Å². The largest absolute Gasteiger partial charge is 0.292 e. The lowest BCUT2D eigenvalue weighted by atomic mass is 9.90. The van der Waals surface area contributed by atoms with Crippen molar-refractivity contribution < 1.29 is 0 Å². The molecule has 0 aliphatic rings. The second-order valence-corrected chi connectivity index (χ2v) is 10.9. The second kappa shape index (κ2) is 10.3. The van der Waals surface area contributed by atoms with Crippen molar-refractivity contribution in [2.75, 3.05) is 0 Å². The van der Waals surface area contributed by atoms with Crippen LogP contribution in [0, 0.1) is 0 Å². The molecule has 0 aliphatic heterocycles. The maximum atomic E-state index is 5.07. The number of nitrogens with zero attached hydrogens (tertiary/aromatic N) is 2. The molecule has 2 heteroatoms. The summed E-state index contributed by atoms with van der Waals surface area (Å²) in [5, 5.41) is 7.41. The van der Waals surface area contributed by atoms with Crippen molar-refractivity contribution in [3.05, 3.63) is 164 Å². The summed E-state index contributed by atoms with van der Waals surface area (Å²) in [5.41, 5.74) is 7.94. The van der Waals surface area contributed by atoms with E-state index in [9.17, 15) is 0 Å². The standard InChI is InChI=1S/C41H28N2/c1-2-3-12-28-13-11-14-32-27-37(35-17-7-8-18-36(35)40(28)32)31-23-21-30-26-33(24-22-29(30)25-31)41-42-38-19-9-10-20-39(38)43(41)34-15-5-4-6-16-34/h2-27H,1H2/b12-3-. The van der Waals surface area contributed by atoms with Crippen LogP contribution in [0.1, 0.15) is 5.56 Å². The first-order valence-corrected chi connectivity index (χ1v) is 14.6. The van der Waals surface area contributed by atoms with Crippen LogP contribution in [0.4, 0.5) is 0 Å². The summed E-state index contributed by atoms with van der Waals surface area (Å²) in [7, 11) is 0. The average Bonchev–Trinajstić information content (AvgIpc) is 3.46. The number of fused-ring (bicyclic) bond motifs is 5. The number of imidazole rings is 1. The molecule has 0 atom stereocenters. The van der Waals surface area contributed by atoms with Gasteiger partial charge in [0.2, 0.25) is 0 Å². The van der Waals surface area contributed by atoms with E-state index in [4.69, 9.17) is 4.98 Å². The van der Waals surface area contributed by atoms with Gasteiger partial charge in [-0.25, -0.2) is 4.98 Å². The van der Waals surface area contributed by atoms with E-state index in [0.717, 1.165) is 28.1 Å². The smallest absolute Gasteiger partial charge is 0.145 e. The van der Waals surface area contributed by atoms with Gasteiger partial charge in [-0.3, -0.25) is 4.57 Å². The molecule has 0 fully saturated rings. The Bertz CT molecular complexity index is 2360. The number of aromatic nitrogens is 2. The Morgan fingerprint density at radius 1 is 0.581 bits per heavy atom. The molecule has 8 rings (SSSR count). The first-order valence-electron chi connectivity index (χ1n) is 14.6. The highest BCUT2D eigenvalue weighted by atomic mass is 15.1. The summed E-state index contributed by atoms with van der Waals surface area (Å²) in [6.07, 6.45) is 5.97. The quantitative estimate of drug-likeness (QED) is 0.154. The lowest BCUT2D eigenvalue weighted by Crippen LogP contribution is -1.97. The van der Waals surface area contributed by atoms with E-state index in [2.05, 4.69) is 145 Å². The fourth-order valence-corrected chi connectivity index (χ4v) is 6.35. The third-order valence-corrected chi connectivity index (χ3v) is 8.31. The number of hydrogen-bond acceptors (Lipinski definition) is 1. The van der Waals surface area contributed by atoms with Gasteiger partial charge in [0.05, 0.1) is 11.0 Å². The molecule has 1 aromatic heterocycles. The first-order chi connectivity index (χ1) is 21.3. The van der Waals surface area contributed by atoms with Crippen LogP contribution in [0.5, 0.6) is 0 Å². The third-order valence-electron chi connectivity index (χ3n) is 8.31. The van der Waals surface area contributed by atoms with Crippen LogP contribution in [0.25, 0.3) is 77.6 Å². The number of allylic oxidation sites excluding steroid dienone is 2. The molecule has 2 nitrogen and oxygen atoms in total. The van der Waals surface area contributed by atoms with Gasteiger partial charge in [-0.2, -0.15) is 0 Å². The zero-order valence-corrected chi connectivity index (χ0v) is 23.6. The van der Waals surface area contributed by atoms with Crippen molar-refractivity contribution in [3.8, 4) is 28.2 Å². The molecule has 43 heavy (non-hydrogen) atoms. The summed E-state index contributed by atoms with van der Waals surface area (Å²) in [6, 6.07) is 49.9. The molecule has 0 unspecified atom stereocenters. The van der Waals surface area contributed by atoms with Gasteiger partial charge in [0, 0.05) is 11.3 Å². The highest BCUT2D eigenvalue weighted by Crippen LogP contribution is 2.38. The molecule has 0 bridgehead atoms. The molecule has 0 saturated carbocycles. The number of para-hydroxylation sites is 3. The Hall–Kier alpha value is -5.73. The fourth-order valence-electron chi connectivity index (χ4n) is 6.35. The first kappa shape index (κ1) is 25.0. The number of rotatable bonds is 5. The van der Waals surface area contributed by atoms with Gasteiger partial charge in [-0.05, 0) is 91.5 Å². The van der Waals surface area contributed by atoms with Crippen molar-refractivity contribution >= 4 is 49.4 Å². The van der Waals surface area contributed by atoms with Gasteiger partial charge in [0.1, 0.15) is 5.82 Å². The number of hydrogen-bond donors (Lipinski definition) is 0. The van der Waals surface area contributed by atoms with Crippen LogP contribution in [-0.4, -0.2) is 9.55 Å². The molecule has 0 radical (unpaired) electrons. The third kappa shape index (κ3) is 4.24. The predicted molar refractivity (Wildman–Crippen MR) is 184 cm³/mol. The Morgan fingerprint density at radius 2 is 1.30 bits per heavy atom. The minimum absolute atomic E-state index is 0.945. The zero-order valence-electron chi connectivity index (χ0n) is 23.6. The molecule has 0 amide bonds. The van der Waals surface area contributed by atoms with Crippen molar-refractivity contribution in [2.45, 2.75) is 0 Å². The maximum Gasteiger partial charge on any atom is 0.145 e. The molecule has 7 aromatic carbocycles. The van der Waals surface area contributed by atoms with Crippen LogP contribution in [0.2, 0.25) is 0 Å². The van der Waals surface area contributed by atoms with Crippen LogP contribution < -0.4 is 0 Å². The van der Waals surface area contributed by atoms with E-state index in [1.807, 2.05) is 24.3 Å². The second-order valence-electron chi connectivity index (χ2n) is 10.9. The maximum absolute atomic E-state index is 5.07. The lowest BCUT2D eigenvalue weighted by molar-refractivity contribution is 1.10. The van der Waals surface area contributed by atoms with Crippen molar-refractivity contribution in [2.24, 2.45) is 0 Å². The van der Waals surface area contributed by atoms with E-state index in [1.54, 1.807) is 0 Å². The van der Waals surface area contributed by atoms with Gasteiger partial charge in [0.25, 0.3) is 0 Å². The van der Waals surface area contributed by atoms with Crippen LogP contribution in [0.3, 0.4) is 0 Å². The molecule has 8 aromatic rings. The highest BCUT2D eigenvalue weighted by molar-refractivity contribution is 6.16. The lowest BCUT2D eigenvalue weighted by Gasteiger charge is -2.14. The predicted octanol–water partition coefficient (Wildman–Crippen LogP) is 11.0. The van der Waals surface area contributed by atoms with Gasteiger partial charge >= 0.3 is 0 Å². The zero-order chi connectivity index (χ0) is 28.8. The van der Waals surface area contributed by atoms with E-state index in [-0.39, 0.29) is 0 Å². The van der Waals surface area contributed by atoms with E-state index < -0.39 is 0 Å². The summed E-state index contributed by atoms with van der Waals surface area (Å²) in [5.74, 6) is 0.945. The molecule has 1 heterocycles. The Labute approximate surface area is 250 Å². The van der Waals surface area contributed by atoms with Gasteiger partial charge in [-0.15, -0.1) is 0 Å². The molecule has 0 saturated heterocycles. The van der Waals surface area contributed by atoms with E-state index >= 15 is 0 Å². The molecular weight excluding hydrogens is 520 g/mol. The molecule has 202 valence electrons. The van der Waals surface area contributed by atoms with Crippen molar-refractivity contribution in [1.29, 1.82) is 0 Å². The van der Waals surface area contributed by atoms with E-state index in [1.165, 1.54) is 49.0 Å². The normalized spacial score (nSPS) is 11.7. The van der Waals surface area contributed by atoms with Gasteiger partial charge < -0.3 is 0 Å². The minimum atomic E-state index is 0.945. The average molecular weight is 549 g/mol. The highest BCUT2D eigenvalue weighted by Gasteiger charge is 2.15. The minimum Gasteiger partial charge on any atom is -0.292 e. The van der Waals surface area contributed by atoms with E-state index in [0.29, 0.717) is 0 Å². The summed E-state index contributed by atoms with van der Waals surface area (Å²) >= 11 is 0. The topological polar surface area (TPSA) is 17.8 Å². The fraction of sp³-hybridized carbons (Fsp3) is 0. The van der Waals surface area contributed by atoms with Crippen LogP contribution in [0.15, 0.2) is 158 Å². The molecule has 0 aliphatic carbocycles. The Balaban J connectivity index is 1.28. The summed E-state index contributed by atoms with van der Waals surface area (Å²) in [4.78, 5) is 5.07. The number of benzene rings is 7. The monoisotopic (exact) mass is 548 g/mol. The Morgan fingerprint density at radius 3 is 2.14 bits per heavy atom. The van der Waals surface area contributed by atoms with Crippen LogP contribution >= 0.6 is 0 Å². The molecule has 0 N–H and O–H groups in total. The summed E-state index contributed by atoms with van der Waals surface area (Å²) in [6.45, 7) is 3.86. The van der Waals surface area contributed by atoms with Crippen molar-refractivity contribution in [1.82, 2.24) is 9.55 Å².